The molecule has 4 nitrogen and oxygen atoms in total. The zero-order valence-corrected chi connectivity index (χ0v) is 13.5. The average Bonchev–Trinajstić information content (AvgIpc) is 2.46. The number of hydrogen-bond acceptors (Lipinski definition) is 3. The monoisotopic (exact) mass is 294 g/mol. The predicted molar refractivity (Wildman–Crippen MR) is 83.3 cm³/mol. The molecule has 4 heteroatoms. The third-order valence-corrected chi connectivity index (χ3v) is 6.06. The molecule has 2 saturated heterocycles. The van der Waals surface area contributed by atoms with E-state index < -0.39 is 5.97 Å². The third-order valence-electron chi connectivity index (χ3n) is 6.06. The van der Waals surface area contributed by atoms with Crippen molar-refractivity contribution in [3.8, 4) is 0 Å². The highest BCUT2D eigenvalue weighted by molar-refractivity contribution is 5.71. The molecular weight excluding hydrogens is 264 g/mol. The molecule has 0 spiro atoms. The number of hydrogen-bond donors (Lipinski definition) is 1. The first-order valence-corrected chi connectivity index (χ1v) is 8.79. The van der Waals surface area contributed by atoms with Crippen LogP contribution in [0.5, 0.6) is 0 Å². The maximum absolute atomic E-state index is 11.7. The second-order valence-electron chi connectivity index (χ2n) is 7.62. The second-order valence-corrected chi connectivity index (χ2v) is 7.62. The van der Waals surface area contributed by atoms with Gasteiger partial charge in [0.15, 0.2) is 0 Å². The fourth-order valence-electron chi connectivity index (χ4n) is 4.84. The van der Waals surface area contributed by atoms with Crippen LogP contribution in [-0.2, 0) is 4.79 Å². The van der Waals surface area contributed by atoms with Gasteiger partial charge in [-0.1, -0.05) is 13.3 Å². The number of carboxylic acid groups (broad SMARTS) is 1. The molecule has 2 aliphatic heterocycles. The van der Waals surface area contributed by atoms with Crippen molar-refractivity contribution < 1.29 is 9.90 Å². The van der Waals surface area contributed by atoms with Crippen molar-refractivity contribution in [1.82, 2.24) is 9.80 Å². The van der Waals surface area contributed by atoms with Crippen molar-refractivity contribution in [2.45, 2.75) is 70.5 Å². The number of nitrogens with zero attached hydrogens (tertiary/aromatic N) is 2. The summed E-state index contributed by atoms with van der Waals surface area (Å²) in [5, 5.41) is 9.61. The summed E-state index contributed by atoms with van der Waals surface area (Å²) in [6, 6.07) is 1.42. The lowest BCUT2D eigenvalue weighted by molar-refractivity contribution is -0.148. The molecule has 0 amide bonds. The van der Waals surface area contributed by atoms with E-state index in [4.69, 9.17) is 0 Å². The first kappa shape index (κ1) is 15.3. The van der Waals surface area contributed by atoms with E-state index in [1.807, 2.05) is 0 Å². The zero-order valence-electron chi connectivity index (χ0n) is 13.5. The minimum Gasteiger partial charge on any atom is -0.481 e. The molecular formula is C17H30N2O2. The van der Waals surface area contributed by atoms with Crippen LogP contribution >= 0.6 is 0 Å². The Bertz CT molecular complexity index is 387. The van der Waals surface area contributed by atoms with Gasteiger partial charge in [-0.2, -0.15) is 0 Å². The van der Waals surface area contributed by atoms with Gasteiger partial charge < -0.3 is 5.11 Å². The van der Waals surface area contributed by atoms with Gasteiger partial charge in [0.1, 0.15) is 0 Å². The van der Waals surface area contributed by atoms with Crippen LogP contribution in [0.3, 0.4) is 0 Å². The van der Waals surface area contributed by atoms with Crippen molar-refractivity contribution in [3.63, 3.8) is 0 Å². The van der Waals surface area contributed by atoms with Gasteiger partial charge in [-0.05, 0) is 51.5 Å². The molecule has 0 radical (unpaired) electrons. The Morgan fingerprint density at radius 3 is 2.67 bits per heavy atom. The van der Waals surface area contributed by atoms with Gasteiger partial charge in [-0.25, -0.2) is 0 Å². The van der Waals surface area contributed by atoms with Crippen LogP contribution in [0.4, 0.5) is 0 Å². The quantitative estimate of drug-likeness (QED) is 0.849. The van der Waals surface area contributed by atoms with Gasteiger partial charge >= 0.3 is 5.97 Å². The summed E-state index contributed by atoms with van der Waals surface area (Å²) in [6.07, 6.45) is 6.97. The first-order chi connectivity index (χ1) is 10.1. The highest BCUT2D eigenvalue weighted by atomic mass is 16.4. The summed E-state index contributed by atoms with van der Waals surface area (Å²) in [7, 11) is 0. The van der Waals surface area contributed by atoms with E-state index in [-0.39, 0.29) is 12.0 Å². The molecule has 5 unspecified atom stereocenters. The lowest BCUT2D eigenvalue weighted by Crippen LogP contribution is -2.63. The highest BCUT2D eigenvalue weighted by Gasteiger charge is 2.42. The minimum atomic E-state index is -0.579. The Kier molecular flexibility index (Phi) is 4.55. The molecule has 2 heterocycles. The summed E-state index contributed by atoms with van der Waals surface area (Å²) in [6.45, 7) is 8.03. The summed E-state index contributed by atoms with van der Waals surface area (Å²) < 4.78 is 0. The van der Waals surface area contributed by atoms with Gasteiger partial charge in [0, 0.05) is 31.2 Å². The fraction of sp³-hybridized carbons (Fsp3) is 0.941. The van der Waals surface area contributed by atoms with Crippen molar-refractivity contribution in [3.05, 3.63) is 0 Å². The molecule has 21 heavy (non-hydrogen) atoms. The Balaban J connectivity index is 1.74. The molecule has 5 atom stereocenters. The van der Waals surface area contributed by atoms with E-state index in [9.17, 15) is 9.90 Å². The summed E-state index contributed by atoms with van der Waals surface area (Å²) in [4.78, 5) is 16.9. The van der Waals surface area contributed by atoms with Gasteiger partial charge in [0.05, 0.1) is 5.92 Å². The summed E-state index contributed by atoms with van der Waals surface area (Å²) in [5.74, 6) is -0.0638. The maximum atomic E-state index is 11.7. The third kappa shape index (κ3) is 3.11. The number of piperazine rings is 1. The Morgan fingerprint density at radius 1 is 1.10 bits per heavy atom. The van der Waals surface area contributed by atoms with Crippen LogP contribution in [0.15, 0.2) is 0 Å². The maximum Gasteiger partial charge on any atom is 0.308 e. The normalized spacial score (nSPS) is 42.5. The molecule has 0 aromatic rings. The molecule has 120 valence electrons. The SMILES string of the molecule is CC1CCC(C(=O)O)C(N2CC3CCCCN3CC2C)C1. The van der Waals surface area contributed by atoms with Crippen molar-refractivity contribution in [2.24, 2.45) is 11.8 Å². The second kappa shape index (κ2) is 6.25. The zero-order chi connectivity index (χ0) is 15.0. The molecule has 1 N–H and O–H groups in total. The van der Waals surface area contributed by atoms with E-state index in [1.165, 1.54) is 25.8 Å². The summed E-state index contributed by atoms with van der Waals surface area (Å²) in [5.41, 5.74) is 0. The average molecular weight is 294 g/mol. The van der Waals surface area contributed by atoms with E-state index in [0.29, 0.717) is 18.0 Å². The van der Waals surface area contributed by atoms with Crippen LogP contribution in [0.2, 0.25) is 0 Å². The Hall–Kier alpha value is -0.610. The van der Waals surface area contributed by atoms with E-state index >= 15 is 0 Å². The minimum absolute atomic E-state index is 0.154. The first-order valence-electron chi connectivity index (χ1n) is 8.79. The fourth-order valence-corrected chi connectivity index (χ4v) is 4.84. The van der Waals surface area contributed by atoms with E-state index in [1.54, 1.807) is 0 Å². The Morgan fingerprint density at radius 2 is 1.90 bits per heavy atom. The topological polar surface area (TPSA) is 43.8 Å². The largest absolute Gasteiger partial charge is 0.481 e. The van der Waals surface area contributed by atoms with Gasteiger partial charge in [-0.3, -0.25) is 14.6 Å². The molecule has 1 aliphatic carbocycles. The number of fused-ring (bicyclic) bond motifs is 1. The van der Waals surface area contributed by atoms with Crippen LogP contribution in [0, 0.1) is 11.8 Å². The van der Waals surface area contributed by atoms with E-state index in [2.05, 4.69) is 23.6 Å². The number of rotatable bonds is 2. The molecule has 0 bridgehead atoms. The van der Waals surface area contributed by atoms with Crippen molar-refractivity contribution in [2.75, 3.05) is 19.6 Å². The standard InChI is InChI=1S/C17H30N2O2/c1-12-6-7-15(17(20)21)16(9-12)19-11-14-5-3-4-8-18(14)10-13(19)2/h12-16H,3-11H2,1-2H3,(H,20,21). The predicted octanol–water partition coefficient (Wildman–Crippen LogP) is 2.43. The number of carboxylic acids is 1. The van der Waals surface area contributed by atoms with E-state index in [0.717, 1.165) is 32.4 Å². The molecule has 3 rings (SSSR count). The molecule has 0 aromatic heterocycles. The smallest absolute Gasteiger partial charge is 0.308 e. The number of aliphatic carboxylic acids is 1. The number of piperidine rings is 1. The molecule has 0 aromatic carbocycles. The van der Waals surface area contributed by atoms with Crippen LogP contribution in [0.1, 0.15) is 52.4 Å². The molecule has 1 saturated carbocycles. The molecule has 3 fully saturated rings. The van der Waals surface area contributed by atoms with Gasteiger partial charge in [0.2, 0.25) is 0 Å². The van der Waals surface area contributed by atoms with Crippen LogP contribution in [0.25, 0.3) is 0 Å². The van der Waals surface area contributed by atoms with Crippen molar-refractivity contribution in [1.29, 1.82) is 0 Å². The van der Waals surface area contributed by atoms with Crippen LogP contribution in [-0.4, -0.2) is 58.6 Å². The van der Waals surface area contributed by atoms with Gasteiger partial charge in [-0.15, -0.1) is 0 Å². The lowest BCUT2D eigenvalue weighted by atomic mass is 9.77. The molecule has 3 aliphatic rings. The number of carbonyl (C=O) groups is 1. The summed E-state index contributed by atoms with van der Waals surface area (Å²) >= 11 is 0. The van der Waals surface area contributed by atoms with Gasteiger partial charge in [0.25, 0.3) is 0 Å². The highest BCUT2D eigenvalue weighted by Crippen LogP contribution is 2.36. The Labute approximate surface area is 128 Å². The van der Waals surface area contributed by atoms with Crippen molar-refractivity contribution >= 4 is 5.97 Å². The van der Waals surface area contributed by atoms with Crippen LogP contribution < -0.4 is 0 Å². The lowest BCUT2D eigenvalue weighted by Gasteiger charge is -2.52.